The average molecular weight is 946 g/mol. The molecule has 0 aliphatic carbocycles. The zero-order valence-electron chi connectivity index (χ0n) is 40.1. The molecule has 1 aromatic heterocycles. The number of hydrogen-bond acceptors (Lipinski definition) is 20. The minimum absolute atomic E-state index is 0.00154. The number of nitrogen functional groups attached to an aromatic ring is 1. The Morgan fingerprint density at radius 1 is 0.955 bits per heavy atom. The van der Waals surface area contributed by atoms with Crippen LogP contribution >= 0.6 is 0 Å². The number of aliphatic hydroxyl groups excluding tert-OH is 3. The molecule has 0 spiro atoms. The summed E-state index contributed by atoms with van der Waals surface area (Å²) >= 11 is 0. The van der Waals surface area contributed by atoms with Crippen LogP contribution in [-0.2, 0) is 63.7 Å². The topological polar surface area (TPSA) is 265 Å². The molecule has 16 atom stereocenters. The highest BCUT2D eigenvalue weighted by molar-refractivity contribution is 5.91. The molecule has 4 aliphatic heterocycles. The Hall–Kier alpha value is -3.95. The van der Waals surface area contributed by atoms with E-state index in [0.29, 0.717) is 24.2 Å². The predicted molar refractivity (Wildman–Crippen MR) is 241 cm³/mol. The van der Waals surface area contributed by atoms with Crippen LogP contribution < -0.4 is 5.73 Å². The second kappa shape index (κ2) is 25.6. The van der Waals surface area contributed by atoms with Gasteiger partial charge in [-0.25, -0.2) is 4.98 Å². The first-order chi connectivity index (χ1) is 31.9. The molecule has 374 valence electrons. The minimum atomic E-state index is -1.27. The molecule has 5 N–H and O–H groups in total. The third-order valence-electron chi connectivity index (χ3n) is 12.9. The van der Waals surface area contributed by atoms with Crippen LogP contribution in [0.4, 0.5) is 5.82 Å². The number of ether oxygens (including phenoxy) is 9. The van der Waals surface area contributed by atoms with Gasteiger partial charge in [-0.3, -0.25) is 9.59 Å². The average Bonchev–Trinajstić information content (AvgIpc) is 3.31. The van der Waals surface area contributed by atoms with Crippen molar-refractivity contribution in [1.29, 1.82) is 5.26 Å². The number of methoxy groups -OCH3 is 2. The predicted octanol–water partition coefficient (Wildman–Crippen LogP) is 2.06. The molecule has 3 saturated heterocycles. The number of nitrogens with zero attached hydrogens (tertiary/aromatic N) is 4. The zero-order valence-corrected chi connectivity index (χ0v) is 40.1. The van der Waals surface area contributed by atoms with Crippen molar-refractivity contribution in [3.8, 4) is 6.07 Å². The van der Waals surface area contributed by atoms with Crippen molar-refractivity contribution < 1.29 is 72.4 Å². The number of nitrogens with two attached hydrogens (primary N) is 1. The van der Waals surface area contributed by atoms with Crippen LogP contribution in [0.3, 0.4) is 0 Å². The molecular weight excluding hydrogens is 875 g/mol. The fourth-order valence-electron chi connectivity index (χ4n) is 8.98. The van der Waals surface area contributed by atoms with Crippen LogP contribution in [0.2, 0.25) is 0 Å². The fraction of sp³-hybridized carbons (Fsp3) is 0.723. The maximum atomic E-state index is 14.1. The number of carbonyl (C=O) groups excluding carboxylic acids is 2. The number of aliphatic hydroxyl groups is 3. The van der Waals surface area contributed by atoms with Crippen molar-refractivity contribution in [3.63, 3.8) is 0 Å². The summed E-state index contributed by atoms with van der Waals surface area (Å²) in [4.78, 5) is 39.6. The van der Waals surface area contributed by atoms with Gasteiger partial charge in [0.25, 0.3) is 0 Å². The third kappa shape index (κ3) is 14.5. The smallest absolute Gasteiger partial charge is 0.308 e. The second-order valence-corrected chi connectivity index (χ2v) is 18.2. The second-order valence-electron chi connectivity index (χ2n) is 18.2. The Morgan fingerprint density at radius 3 is 2.36 bits per heavy atom. The first-order valence-electron chi connectivity index (χ1n) is 22.9. The molecule has 5 heterocycles. The maximum Gasteiger partial charge on any atom is 0.308 e. The molecule has 1 aromatic rings. The van der Waals surface area contributed by atoms with E-state index in [1.54, 1.807) is 51.1 Å². The maximum absolute atomic E-state index is 14.1. The van der Waals surface area contributed by atoms with E-state index < -0.39 is 103 Å². The van der Waals surface area contributed by atoms with E-state index >= 15 is 0 Å². The van der Waals surface area contributed by atoms with E-state index in [2.05, 4.69) is 10.1 Å². The minimum Gasteiger partial charge on any atom is -0.465 e. The Balaban J connectivity index is 1.47. The molecule has 1 unspecified atom stereocenters. The van der Waals surface area contributed by atoms with Crippen molar-refractivity contribution >= 4 is 23.3 Å². The number of allylic oxidation sites excluding steroid dienone is 3. The number of fused-ring (bicyclic) bond motifs is 3. The Bertz CT molecular complexity index is 1910. The molecule has 3 fully saturated rings. The molecule has 20 heteroatoms. The Morgan fingerprint density at radius 2 is 1.67 bits per heavy atom. The number of nitriles is 1. The summed E-state index contributed by atoms with van der Waals surface area (Å²) in [6, 6.07) is 4.40. The van der Waals surface area contributed by atoms with Crippen molar-refractivity contribution in [2.45, 2.75) is 134 Å². The number of likely N-dealkylation sites (N-methyl/N-ethyl adjacent to an activating group) is 1. The SMILES string of the molecule is CO[C@@H]1[C@H](O)[C@@H](C)O[C@@H](OC[C@H]2/C=C(C)/C=C/C(=O)[C@H](C)CC3CCOC/C(=N\OCc4ccc(C#N)c(N)n4)CO[C@H](CC(=O)OC2)[C@H](C)[C@H]3O[C@@H]2O[C@H](C)[C@@H](O)[C@H](N(C)C)[C@H]2O)[C@@H]1OC. The highest BCUT2D eigenvalue weighted by atomic mass is 16.7. The van der Waals surface area contributed by atoms with E-state index in [-0.39, 0.29) is 63.2 Å². The van der Waals surface area contributed by atoms with Gasteiger partial charge in [0.1, 0.15) is 42.0 Å². The number of aromatic nitrogens is 1. The van der Waals surface area contributed by atoms with Gasteiger partial charge in [-0.2, -0.15) is 5.26 Å². The summed E-state index contributed by atoms with van der Waals surface area (Å²) in [5.41, 5.74) is 7.66. The van der Waals surface area contributed by atoms with Gasteiger partial charge < -0.3 is 73.4 Å². The Kier molecular flexibility index (Phi) is 20.6. The van der Waals surface area contributed by atoms with E-state index in [0.717, 1.165) is 5.57 Å². The van der Waals surface area contributed by atoms with Crippen molar-refractivity contribution in [2.75, 3.05) is 67.1 Å². The molecule has 0 saturated carbocycles. The summed E-state index contributed by atoms with van der Waals surface area (Å²) < 4.78 is 55.1. The number of pyridine rings is 1. The molecular formula is C47H71N5O15. The highest BCUT2D eigenvalue weighted by Crippen LogP contribution is 2.36. The van der Waals surface area contributed by atoms with Gasteiger partial charge in [-0.1, -0.05) is 36.7 Å². The standard InChI is InChI=1S/C47H71N5O15/c1-25-10-13-35(53)26(2)17-31-14-15-60-22-34(51-64-24-33-12-11-32(19-48)45(49)50-33)23-61-36(27(3)42(31)67-46-41(57)38(52(6)7)39(55)28(4)65-46)18-37(54)62-20-30(16-25)21-63-47-44(59-9)43(58-8)40(56)29(5)66-47/h10-13,16,26-31,36,38-44,46-47,55-57H,14-15,17-18,20-24H2,1-9H3,(H2,49,50)/b13-10+,25-16+,51-34+/t26-,27+,28-,29-,30+,31?,36-,38+,39-,40-,41-,42-,43-,44-,46+,47-/m1/s1. The molecule has 0 radical (unpaired) electrons. The molecule has 4 aliphatic rings. The van der Waals surface area contributed by atoms with Crippen LogP contribution in [0.25, 0.3) is 0 Å². The third-order valence-corrected chi connectivity index (χ3v) is 12.9. The summed E-state index contributed by atoms with van der Waals surface area (Å²) in [6.07, 6.45) is -4.28. The van der Waals surface area contributed by atoms with Gasteiger partial charge >= 0.3 is 5.97 Å². The lowest BCUT2D eigenvalue weighted by molar-refractivity contribution is -0.305. The molecule has 0 aromatic carbocycles. The van der Waals surface area contributed by atoms with Crippen LogP contribution in [-0.4, -0.2) is 178 Å². The lowest BCUT2D eigenvalue weighted by Gasteiger charge is -2.47. The van der Waals surface area contributed by atoms with Crippen LogP contribution in [0.5, 0.6) is 0 Å². The van der Waals surface area contributed by atoms with Gasteiger partial charge in [-0.05, 0) is 71.8 Å². The summed E-state index contributed by atoms with van der Waals surface area (Å²) in [7, 11) is 6.45. The van der Waals surface area contributed by atoms with Crippen LogP contribution in [0.15, 0.2) is 41.1 Å². The molecule has 2 bridgehead atoms. The van der Waals surface area contributed by atoms with E-state index in [9.17, 15) is 30.2 Å². The monoisotopic (exact) mass is 945 g/mol. The number of hydrogen-bond donors (Lipinski definition) is 4. The summed E-state index contributed by atoms with van der Waals surface area (Å²) in [6.45, 7) is 8.86. The number of cyclic esters (lactones) is 1. The molecule has 20 nitrogen and oxygen atoms in total. The number of esters is 1. The largest absolute Gasteiger partial charge is 0.465 e. The van der Waals surface area contributed by atoms with Gasteiger partial charge in [0.05, 0.1) is 80.7 Å². The quantitative estimate of drug-likeness (QED) is 0.183. The summed E-state index contributed by atoms with van der Waals surface area (Å²) in [5.74, 6) is -2.68. The first kappa shape index (κ1) is 54.0. The number of carbonyl (C=O) groups is 2. The van der Waals surface area contributed by atoms with Crippen molar-refractivity contribution in [1.82, 2.24) is 9.88 Å². The van der Waals surface area contributed by atoms with Gasteiger partial charge in [0, 0.05) is 38.6 Å². The molecule has 0 amide bonds. The van der Waals surface area contributed by atoms with E-state index in [1.807, 2.05) is 32.9 Å². The highest BCUT2D eigenvalue weighted by Gasteiger charge is 2.48. The van der Waals surface area contributed by atoms with Gasteiger partial charge in [0.2, 0.25) is 0 Å². The zero-order chi connectivity index (χ0) is 48.9. The number of oxime groups is 1. The molecule has 5 rings (SSSR count). The van der Waals surface area contributed by atoms with Crippen molar-refractivity contribution in [2.24, 2.45) is 28.8 Å². The van der Waals surface area contributed by atoms with E-state index in [1.165, 1.54) is 20.3 Å². The molecule has 67 heavy (non-hydrogen) atoms. The normalized spacial score (nSPS) is 38.3. The first-order valence-corrected chi connectivity index (χ1v) is 22.9. The fourth-order valence-corrected chi connectivity index (χ4v) is 8.98. The van der Waals surface area contributed by atoms with Crippen LogP contribution in [0, 0.1) is 35.0 Å². The number of ketones is 1. The lowest BCUT2D eigenvalue weighted by Crippen LogP contribution is -2.63. The van der Waals surface area contributed by atoms with Gasteiger partial charge in [-0.15, -0.1) is 0 Å². The number of rotatable bonds is 11. The lowest BCUT2D eigenvalue weighted by atomic mass is 9.79. The Labute approximate surface area is 393 Å². The van der Waals surface area contributed by atoms with E-state index in [4.69, 9.17) is 53.2 Å². The summed E-state index contributed by atoms with van der Waals surface area (Å²) in [5, 5.41) is 46.9. The van der Waals surface area contributed by atoms with Gasteiger partial charge in [0.15, 0.2) is 25.0 Å². The number of anilines is 1. The van der Waals surface area contributed by atoms with Crippen molar-refractivity contribution in [3.05, 3.63) is 47.2 Å². The van der Waals surface area contributed by atoms with Crippen LogP contribution in [0.1, 0.15) is 65.1 Å².